The van der Waals surface area contributed by atoms with E-state index in [1.807, 2.05) is 12.1 Å². The van der Waals surface area contributed by atoms with Gasteiger partial charge in [-0.3, -0.25) is 19.8 Å². The molecule has 4 rings (SSSR count). The molecule has 0 radical (unpaired) electrons. The molecule has 0 unspecified atom stereocenters. The molecule has 164 valence electrons. The zero-order valence-electron chi connectivity index (χ0n) is 18.0. The van der Waals surface area contributed by atoms with Crippen LogP contribution in [0.3, 0.4) is 0 Å². The summed E-state index contributed by atoms with van der Waals surface area (Å²) in [6.07, 6.45) is 0.415. The highest BCUT2D eigenvalue weighted by Gasteiger charge is 2.26. The van der Waals surface area contributed by atoms with Crippen LogP contribution in [0.5, 0.6) is 0 Å². The minimum atomic E-state index is -0.452. The lowest BCUT2D eigenvalue weighted by Gasteiger charge is -2.39. The highest BCUT2D eigenvalue weighted by molar-refractivity contribution is 5.96. The number of ketones is 1. The van der Waals surface area contributed by atoms with Crippen molar-refractivity contribution in [2.24, 2.45) is 0 Å². The van der Waals surface area contributed by atoms with Crippen molar-refractivity contribution in [1.29, 1.82) is 0 Å². The standard InChI is InChI=1S/C26H27N3O3/c30-25(21-11-13-24(14-12-21)29(31)32)15-16-27-17-19-28(20-18-27)26(22-7-3-1-4-8-22)23-9-5-2-6-10-23/h1-14,26H,15-20H2. The van der Waals surface area contributed by atoms with Gasteiger partial charge in [0.15, 0.2) is 5.78 Å². The number of non-ortho nitro benzene ring substituents is 1. The normalized spacial score (nSPS) is 15.0. The smallest absolute Gasteiger partial charge is 0.269 e. The average Bonchev–Trinajstić information content (AvgIpc) is 2.85. The Balaban J connectivity index is 1.34. The lowest BCUT2D eigenvalue weighted by atomic mass is 9.96. The van der Waals surface area contributed by atoms with E-state index in [9.17, 15) is 14.9 Å². The number of hydrogen-bond donors (Lipinski definition) is 0. The Labute approximate surface area is 188 Å². The van der Waals surface area contributed by atoms with E-state index in [0.717, 1.165) is 26.2 Å². The average molecular weight is 430 g/mol. The van der Waals surface area contributed by atoms with Crippen LogP contribution in [0.4, 0.5) is 5.69 Å². The predicted molar refractivity (Wildman–Crippen MR) is 125 cm³/mol. The van der Waals surface area contributed by atoms with Crippen LogP contribution in [-0.4, -0.2) is 53.2 Å². The molecule has 1 aliphatic rings. The highest BCUT2D eigenvalue weighted by atomic mass is 16.6. The molecule has 0 atom stereocenters. The van der Waals surface area contributed by atoms with Gasteiger partial charge in [-0.1, -0.05) is 60.7 Å². The molecule has 1 fully saturated rings. The van der Waals surface area contributed by atoms with Crippen LogP contribution < -0.4 is 0 Å². The molecule has 1 heterocycles. The molecule has 6 heteroatoms. The minimum Gasteiger partial charge on any atom is -0.300 e. The number of rotatable bonds is 8. The summed E-state index contributed by atoms with van der Waals surface area (Å²) in [6.45, 7) is 4.37. The number of nitro benzene ring substituents is 1. The second kappa shape index (κ2) is 10.3. The van der Waals surface area contributed by atoms with Gasteiger partial charge in [0.25, 0.3) is 5.69 Å². The minimum absolute atomic E-state index is 0.00376. The van der Waals surface area contributed by atoms with Gasteiger partial charge in [0.05, 0.1) is 11.0 Å². The quantitative estimate of drug-likeness (QED) is 0.298. The Morgan fingerprint density at radius 1 is 0.812 bits per heavy atom. The van der Waals surface area contributed by atoms with Crippen molar-refractivity contribution in [2.45, 2.75) is 12.5 Å². The Bertz CT molecular complexity index is 991. The summed E-state index contributed by atoms with van der Waals surface area (Å²) in [5, 5.41) is 10.8. The van der Waals surface area contributed by atoms with Crippen LogP contribution in [-0.2, 0) is 0 Å². The number of Topliss-reactive ketones (excluding diaryl/α,β-unsaturated/α-hetero) is 1. The van der Waals surface area contributed by atoms with Gasteiger partial charge in [0.1, 0.15) is 0 Å². The van der Waals surface area contributed by atoms with Gasteiger partial charge in [-0.25, -0.2) is 0 Å². The van der Waals surface area contributed by atoms with E-state index in [-0.39, 0.29) is 17.5 Å². The van der Waals surface area contributed by atoms with Crippen LogP contribution in [0.2, 0.25) is 0 Å². The van der Waals surface area contributed by atoms with Crippen LogP contribution in [0.25, 0.3) is 0 Å². The number of piperazine rings is 1. The van der Waals surface area contributed by atoms with Crippen LogP contribution >= 0.6 is 0 Å². The maximum Gasteiger partial charge on any atom is 0.269 e. The number of carbonyl (C=O) groups excluding carboxylic acids is 1. The third-order valence-corrected chi connectivity index (χ3v) is 6.06. The molecule has 32 heavy (non-hydrogen) atoms. The van der Waals surface area contributed by atoms with Crippen LogP contribution in [0.15, 0.2) is 84.9 Å². The first kappa shape index (κ1) is 21.9. The maximum absolute atomic E-state index is 12.5. The summed E-state index contributed by atoms with van der Waals surface area (Å²) >= 11 is 0. The summed E-state index contributed by atoms with van der Waals surface area (Å²) in [6, 6.07) is 27.3. The first-order valence-corrected chi connectivity index (χ1v) is 11.0. The fourth-order valence-corrected chi connectivity index (χ4v) is 4.30. The molecule has 6 nitrogen and oxygen atoms in total. The third-order valence-electron chi connectivity index (χ3n) is 6.06. The van der Waals surface area contributed by atoms with Gasteiger partial charge in [-0.2, -0.15) is 0 Å². The third kappa shape index (κ3) is 5.28. The number of nitrogens with zero attached hydrogens (tertiary/aromatic N) is 3. The van der Waals surface area contributed by atoms with Gasteiger partial charge < -0.3 is 4.90 Å². The zero-order chi connectivity index (χ0) is 22.3. The molecule has 0 saturated carbocycles. The highest BCUT2D eigenvalue weighted by Crippen LogP contribution is 2.29. The van der Waals surface area contributed by atoms with Gasteiger partial charge >= 0.3 is 0 Å². The van der Waals surface area contributed by atoms with Crippen molar-refractivity contribution < 1.29 is 9.72 Å². The first-order valence-electron chi connectivity index (χ1n) is 11.0. The number of nitro groups is 1. The van der Waals surface area contributed by atoms with E-state index in [0.29, 0.717) is 18.5 Å². The SMILES string of the molecule is O=C(CCN1CCN(C(c2ccccc2)c2ccccc2)CC1)c1ccc([N+](=O)[O-])cc1. The fraction of sp³-hybridized carbons (Fsp3) is 0.269. The lowest BCUT2D eigenvalue weighted by Crippen LogP contribution is -2.48. The van der Waals surface area contributed by atoms with E-state index in [2.05, 4.69) is 58.3 Å². The molecule has 0 bridgehead atoms. The van der Waals surface area contributed by atoms with E-state index in [1.165, 1.54) is 23.3 Å². The predicted octanol–water partition coefficient (Wildman–Crippen LogP) is 4.57. The first-order chi connectivity index (χ1) is 15.6. The molecule has 1 saturated heterocycles. The van der Waals surface area contributed by atoms with E-state index in [4.69, 9.17) is 0 Å². The Morgan fingerprint density at radius 3 is 1.84 bits per heavy atom. The zero-order valence-corrected chi connectivity index (χ0v) is 18.0. The van der Waals surface area contributed by atoms with E-state index < -0.39 is 4.92 Å². The summed E-state index contributed by atoms with van der Waals surface area (Å²) in [4.78, 5) is 27.7. The second-order valence-corrected chi connectivity index (χ2v) is 8.08. The maximum atomic E-state index is 12.5. The number of benzene rings is 3. The topological polar surface area (TPSA) is 66.7 Å². The van der Waals surface area contributed by atoms with Crippen molar-refractivity contribution in [3.63, 3.8) is 0 Å². The number of hydrogen-bond acceptors (Lipinski definition) is 5. The summed E-state index contributed by atoms with van der Waals surface area (Å²) in [5.74, 6) is 0.0220. The molecule has 0 aliphatic carbocycles. The van der Waals surface area contributed by atoms with Gasteiger partial charge in [0, 0.05) is 56.8 Å². The van der Waals surface area contributed by atoms with Crippen molar-refractivity contribution >= 4 is 11.5 Å². The molecule has 1 aliphatic heterocycles. The number of carbonyl (C=O) groups is 1. The largest absolute Gasteiger partial charge is 0.300 e. The van der Waals surface area contributed by atoms with Crippen molar-refractivity contribution in [1.82, 2.24) is 9.80 Å². The molecule has 0 aromatic heterocycles. The van der Waals surface area contributed by atoms with Gasteiger partial charge in [0.2, 0.25) is 0 Å². The summed E-state index contributed by atoms with van der Waals surface area (Å²) < 4.78 is 0. The van der Waals surface area contributed by atoms with Crippen molar-refractivity contribution in [3.05, 3.63) is 112 Å². The second-order valence-electron chi connectivity index (χ2n) is 8.08. The van der Waals surface area contributed by atoms with E-state index in [1.54, 1.807) is 12.1 Å². The molecular formula is C26H27N3O3. The van der Waals surface area contributed by atoms with Crippen molar-refractivity contribution in [3.8, 4) is 0 Å². The Morgan fingerprint density at radius 2 is 1.34 bits per heavy atom. The summed E-state index contributed by atoms with van der Waals surface area (Å²) in [7, 11) is 0. The molecule has 0 spiro atoms. The van der Waals surface area contributed by atoms with E-state index >= 15 is 0 Å². The fourth-order valence-electron chi connectivity index (χ4n) is 4.30. The van der Waals surface area contributed by atoms with Gasteiger partial charge in [-0.05, 0) is 23.3 Å². The molecule has 0 amide bonds. The molecule has 3 aromatic carbocycles. The monoisotopic (exact) mass is 429 g/mol. The van der Waals surface area contributed by atoms with Crippen LogP contribution in [0, 0.1) is 10.1 Å². The summed E-state index contributed by atoms with van der Waals surface area (Å²) in [5.41, 5.74) is 3.12. The van der Waals surface area contributed by atoms with Crippen molar-refractivity contribution in [2.75, 3.05) is 32.7 Å². The Hall–Kier alpha value is -3.35. The molecule has 3 aromatic rings. The van der Waals surface area contributed by atoms with Crippen LogP contribution in [0.1, 0.15) is 33.9 Å². The van der Waals surface area contributed by atoms with Gasteiger partial charge in [-0.15, -0.1) is 0 Å². The Kier molecular flexibility index (Phi) is 7.04. The molecule has 0 N–H and O–H groups in total. The lowest BCUT2D eigenvalue weighted by molar-refractivity contribution is -0.384. The molecular weight excluding hydrogens is 402 g/mol.